The summed E-state index contributed by atoms with van der Waals surface area (Å²) in [5, 5.41) is 13.5. The van der Waals surface area contributed by atoms with Crippen molar-refractivity contribution in [2.24, 2.45) is 0 Å². The van der Waals surface area contributed by atoms with E-state index in [1.165, 1.54) is 16.7 Å². The molecule has 1 heterocycles. The standard InChI is InChI=1S/C20H18O2S2/c21-20(22)13-17(12-15-6-2-1-3-7-15)24-19-9-5-4-8-18(19)16-10-11-23-14-16/h1-11,14,17H,12-13H2,(H,21,22). The van der Waals surface area contributed by atoms with E-state index in [-0.39, 0.29) is 11.7 Å². The molecule has 3 aromatic rings. The third-order valence-electron chi connectivity index (χ3n) is 3.72. The SMILES string of the molecule is O=C(O)CC(Cc1ccccc1)Sc1ccccc1-c1ccsc1. The van der Waals surface area contributed by atoms with Gasteiger partial charge in [0.1, 0.15) is 0 Å². The molecule has 24 heavy (non-hydrogen) atoms. The van der Waals surface area contributed by atoms with E-state index in [9.17, 15) is 9.90 Å². The van der Waals surface area contributed by atoms with E-state index < -0.39 is 5.97 Å². The lowest BCUT2D eigenvalue weighted by atomic mass is 10.1. The quantitative estimate of drug-likeness (QED) is 0.562. The fourth-order valence-electron chi connectivity index (χ4n) is 2.63. The molecule has 0 saturated carbocycles. The fraction of sp³-hybridized carbons (Fsp3) is 0.150. The summed E-state index contributed by atoms with van der Waals surface area (Å²) >= 11 is 3.33. The van der Waals surface area contributed by atoms with E-state index in [2.05, 4.69) is 41.1 Å². The Balaban J connectivity index is 1.84. The normalized spacial score (nSPS) is 12.0. The summed E-state index contributed by atoms with van der Waals surface area (Å²) in [5.41, 5.74) is 3.54. The number of rotatable bonds is 7. The minimum Gasteiger partial charge on any atom is -0.481 e. The minimum absolute atomic E-state index is 0.00434. The molecule has 0 spiro atoms. The van der Waals surface area contributed by atoms with Crippen LogP contribution in [0.2, 0.25) is 0 Å². The highest BCUT2D eigenvalue weighted by Crippen LogP contribution is 2.36. The van der Waals surface area contributed by atoms with Gasteiger partial charge in [-0.2, -0.15) is 11.3 Å². The van der Waals surface area contributed by atoms with Crippen LogP contribution in [0, 0.1) is 0 Å². The summed E-state index contributed by atoms with van der Waals surface area (Å²) < 4.78 is 0. The monoisotopic (exact) mass is 354 g/mol. The zero-order chi connectivity index (χ0) is 16.8. The maximum atomic E-state index is 11.3. The summed E-state index contributed by atoms with van der Waals surface area (Å²) in [6.45, 7) is 0. The molecule has 0 aliphatic rings. The van der Waals surface area contributed by atoms with Crippen molar-refractivity contribution in [2.45, 2.75) is 23.0 Å². The lowest BCUT2D eigenvalue weighted by Crippen LogP contribution is -2.13. The Morgan fingerprint density at radius 1 is 1.04 bits per heavy atom. The predicted octanol–water partition coefficient (Wildman–Crippen LogP) is 5.59. The Labute approximate surface area is 150 Å². The molecule has 4 heteroatoms. The van der Waals surface area contributed by atoms with Gasteiger partial charge in [-0.1, -0.05) is 48.5 Å². The molecule has 1 atom stereocenters. The molecular formula is C20H18O2S2. The molecule has 0 saturated heterocycles. The van der Waals surface area contributed by atoms with E-state index in [4.69, 9.17) is 0 Å². The Morgan fingerprint density at radius 2 is 1.79 bits per heavy atom. The van der Waals surface area contributed by atoms with E-state index in [0.29, 0.717) is 0 Å². The number of carbonyl (C=O) groups is 1. The molecule has 1 aromatic heterocycles. The second-order valence-electron chi connectivity index (χ2n) is 5.54. The van der Waals surface area contributed by atoms with Crippen molar-refractivity contribution >= 4 is 29.1 Å². The van der Waals surface area contributed by atoms with Gasteiger partial charge in [0.25, 0.3) is 0 Å². The number of carboxylic acids is 1. The van der Waals surface area contributed by atoms with Gasteiger partial charge in [0.2, 0.25) is 0 Å². The first-order valence-corrected chi connectivity index (χ1v) is 9.58. The smallest absolute Gasteiger partial charge is 0.304 e. The first kappa shape index (κ1) is 16.8. The van der Waals surface area contributed by atoms with Gasteiger partial charge in [-0.25, -0.2) is 0 Å². The summed E-state index contributed by atoms with van der Waals surface area (Å²) in [6, 6.07) is 20.4. The van der Waals surface area contributed by atoms with Gasteiger partial charge in [-0.05, 0) is 46.0 Å². The first-order chi connectivity index (χ1) is 11.7. The van der Waals surface area contributed by atoms with Crippen molar-refractivity contribution in [3.8, 4) is 11.1 Å². The van der Waals surface area contributed by atoms with Crippen LogP contribution in [0.15, 0.2) is 76.3 Å². The van der Waals surface area contributed by atoms with Crippen LogP contribution < -0.4 is 0 Å². The van der Waals surface area contributed by atoms with Gasteiger partial charge in [0.15, 0.2) is 0 Å². The number of hydrogen-bond donors (Lipinski definition) is 1. The van der Waals surface area contributed by atoms with Crippen LogP contribution in [-0.2, 0) is 11.2 Å². The largest absolute Gasteiger partial charge is 0.481 e. The third kappa shape index (κ3) is 4.49. The molecule has 0 aliphatic heterocycles. The molecule has 3 rings (SSSR count). The predicted molar refractivity (Wildman–Crippen MR) is 102 cm³/mol. The number of thiophene rings is 1. The zero-order valence-corrected chi connectivity index (χ0v) is 14.7. The van der Waals surface area contributed by atoms with Gasteiger partial charge in [-0.15, -0.1) is 11.8 Å². The first-order valence-electron chi connectivity index (χ1n) is 7.76. The van der Waals surface area contributed by atoms with E-state index in [0.717, 1.165) is 11.3 Å². The third-order valence-corrected chi connectivity index (χ3v) is 5.68. The molecule has 0 bridgehead atoms. The van der Waals surface area contributed by atoms with Crippen LogP contribution in [0.1, 0.15) is 12.0 Å². The van der Waals surface area contributed by atoms with Gasteiger partial charge in [0.05, 0.1) is 6.42 Å². The van der Waals surface area contributed by atoms with Crippen molar-refractivity contribution in [3.63, 3.8) is 0 Å². The summed E-state index contributed by atoms with van der Waals surface area (Å²) in [6.07, 6.45) is 0.896. The molecule has 0 fully saturated rings. The molecule has 1 unspecified atom stereocenters. The topological polar surface area (TPSA) is 37.3 Å². The lowest BCUT2D eigenvalue weighted by molar-refractivity contribution is -0.136. The van der Waals surface area contributed by atoms with Gasteiger partial charge in [0, 0.05) is 10.1 Å². The van der Waals surface area contributed by atoms with Crippen molar-refractivity contribution < 1.29 is 9.90 Å². The second kappa shape index (κ2) is 8.18. The van der Waals surface area contributed by atoms with Gasteiger partial charge >= 0.3 is 5.97 Å². The van der Waals surface area contributed by atoms with Crippen LogP contribution >= 0.6 is 23.1 Å². The van der Waals surface area contributed by atoms with Crippen LogP contribution in [0.3, 0.4) is 0 Å². The fourth-order valence-corrected chi connectivity index (χ4v) is 4.62. The zero-order valence-electron chi connectivity index (χ0n) is 13.1. The van der Waals surface area contributed by atoms with Crippen LogP contribution in [-0.4, -0.2) is 16.3 Å². The summed E-state index contributed by atoms with van der Waals surface area (Å²) in [4.78, 5) is 12.4. The highest BCUT2D eigenvalue weighted by atomic mass is 32.2. The highest BCUT2D eigenvalue weighted by molar-refractivity contribution is 8.00. The van der Waals surface area contributed by atoms with Gasteiger partial charge < -0.3 is 5.11 Å². The number of hydrogen-bond acceptors (Lipinski definition) is 3. The average molecular weight is 354 g/mol. The molecule has 0 amide bonds. The number of carboxylic acid groups (broad SMARTS) is 1. The molecule has 2 nitrogen and oxygen atoms in total. The number of benzene rings is 2. The Bertz CT molecular complexity index is 782. The van der Waals surface area contributed by atoms with E-state index in [1.807, 2.05) is 30.3 Å². The highest BCUT2D eigenvalue weighted by Gasteiger charge is 2.17. The molecular weight excluding hydrogens is 336 g/mol. The van der Waals surface area contributed by atoms with Crippen molar-refractivity contribution in [1.82, 2.24) is 0 Å². The Kier molecular flexibility index (Phi) is 5.72. The Morgan fingerprint density at radius 3 is 2.50 bits per heavy atom. The van der Waals surface area contributed by atoms with Crippen molar-refractivity contribution in [1.29, 1.82) is 0 Å². The molecule has 1 N–H and O–H groups in total. The number of aliphatic carboxylic acids is 1. The summed E-state index contributed by atoms with van der Waals surface area (Å²) in [5.74, 6) is -0.753. The second-order valence-corrected chi connectivity index (χ2v) is 7.66. The van der Waals surface area contributed by atoms with Crippen LogP contribution in [0.4, 0.5) is 0 Å². The van der Waals surface area contributed by atoms with Gasteiger partial charge in [-0.3, -0.25) is 4.79 Å². The Hall–Kier alpha value is -2.04. The van der Waals surface area contributed by atoms with Crippen LogP contribution in [0.5, 0.6) is 0 Å². The molecule has 0 aliphatic carbocycles. The maximum Gasteiger partial charge on any atom is 0.304 e. The molecule has 122 valence electrons. The molecule has 0 radical (unpaired) electrons. The minimum atomic E-state index is -0.753. The van der Waals surface area contributed by atoms with E-state index in [1.54, 1.807) is 23.1 Å². The lowest BCUT2D eigenvalue weighted by Gasteiger charge is -2.17. The maximum absolute atomic E-state index is 11.3. The van der Waals surface area contributed by atoms with E-state index >= 15 is 0 Å². The molecule has 2 aromatic carbocycles. The summed E-state index contributed by atoms with van der Waals surface area (Å²) in [7, 11) is 0. The van der Waals surface area contributed by atoms with Crippen molar-refractivity contribution in [2.75, 3.05) is 0 Å². The number of thioether (sulfide) groups is 1. The van der Waals surface area contributed by atoms with Crippen molar-refractivity contribution in [3.05, 3.63) is 77.0 Å². The van der Waals surface area contributed by atoms with Crippen LogP contribution in [0.25, 0.3) is 11.1 Å². The average Bonchev–Trinajstić information content (AvgIpc) is 3.10.